The van der Waals surface area contributed by atoms with Gasteiger partial charge in [-0.2, -0.15) is 0 Å². The predicted molar refractivity (Wildman–Crippen MR) is 90.9 cm³/mol. The van der Waals surface area contributed by atoms with E-state index in [1.54, 1.807) is 17.0 Å². The van der Waals surface area contributed by atoms with Crippen molar-refractivity contribution in [2.24, 2.45) is 5.41 Å². The summed E-state index contributed by atoms with van der Waals surface area (Å²) in [5.41, 5.74) is 0.918. The molecule has 2 aliphatic rings. The molecule has 1 N–H and O–H groups in total. The van der Waals surface area contributed by atoms with E-state index in [0.717, 1.165) is 37.8 Å². The van der Waals surface area contributed by atoms with Crippen LogP contribution in [0, 0.1) is 5.41 Å². The first-order valence-corrected chi connectivity index (χ1v) is 10.2. The van der Waals surface area contributed by atoms with Crippen LogP contribution in [0.25, 0.3) is 0 Å². The van der Waals surface area contributed by atoms with Gasteiger partial charge in [0, 0.05) is 31.3 Å². The molecule has 1 saturated carbocycles. The highest BCUT2D eigenvalue weighted by molar-refractivity contribution is 7.90. The zero-order valence-corrected chi connectivity index (χ0v) is 15.1. The summed E-state index contributed by atoms with van der Waals surface area (Å²) >= 11 is 6.03. The number of urea groups is 1. The Kier molecular flexibility index (Phi) is 4.77. The molecular weight excluding hydrogens is 352 g/mol. The number of nitrogens with zero attached hydrogens (tertiary/aromatic N) is 1. The first-order valence-electron chi connectivity index (χ1n) is 7.88. The van der Waals surface area contributed by atoms with Crippen LogP contribution in [0.4, 0.5) is 4.79 Å². The van der Waals surface area contributed by atoms with Crippen molar-refractivity contribution in [3.05, 3.63) is 28.8 Å². The summed E-state index contributed by atoms with van der Waals surface area (Å²) in [5.74, 6) is 0. The lowest BCUT2D eigenvalue weighted by molar-refractivity contribution is 0.115. The second-order valence-corrected chi connectivity index (χ2v) is 9.06. The van der Waals surface area contributed by atoms with Crippen LogP contribution in [0.1, 0.15) is 18.4 Å². The van der Waals surface area contributed by atoms with Gasteiger partial charge in [-0.25, -0.2) is 13.2 Å². The summed E-state index contributed by atoms with van der Waals surface area (Å²) in [6, 6.07) is 4.58. The highest BCUT2D eigenvalue weighted by atomic mass is 35.5. The molecule has 0 bridgehead atoms. The average molecular weight is 373 g/mol. The average Bonchev–Trinajstić information content (AvgIpc) is 3.30. The Morgan fingerprint density at radius 1 is 1.42 bits per heavy atom. The number of benzene rings is 1. The van der Waals surface area contributed by atoms with Gasteiger partial charge >= 0.3 is 6.03 Å². The number of rotatable bonds is 3. The lowest BCUT2D eigenvalue weighted by Crippen LogP contribution is -2.43. The van der Waals surface area contributed by atoms with Gasteiger partial charge in [0.1, 0.15) is 0 Å². The molecule has 8 heteroatoms. The van der Waals surface area contributed by atoms with E-state index in [4.69, 9.17) is 16.3 Å². The van der Waals surface area contributed by atoms with Crippen molar-refractivity contribution in [3.8, 4) is 0 Å². The van der Waals surface area contributed by atoms with Crippen LogP contribution in [-0.2, 0) is 21.1 Å². The molecule has 1 aliphatic heterocycles. The molecule has 1 saturated heterocycles. The van der Waals surface area contributed by atoms with Gasteiger partial charge < -0.3 is 15.0 Å². The zero-order valence-electron chi connectivity index (χ0n) is 13.5. The fraction of sp³-hybridized carbons (Fsp3) is 0.562. The highest BCUT2D eigenvalue weighted by Crippen LogP contribution is 2.47. The van der Waals surface area contributed by atoms with Gasteiger partial charge in [-0.05, 0) is 30.5 Å². The molecule has 0 atom stereocenters. The topological polar surface area (TPSA) is 75.7 Å². The zero-order chi connectivity index (χ0) is 17.4. The van der Waals surface area contributed by atoms with Gasteiger partial charge in [0.15, 0.2) is 9.84 Å². The molecule has 0 radical (unpaired) electrons. The minimum atomic E-state index is -3.35. The third-order valence-electron chi connectivity index (χ3n) is 4.52. The molecule has 1 aromatic rings. The van der Waals surface area contributed by atoms with Gasteiger partial charge in [-0.1, -0.05) is 17.7 Å². The minimum Gasteiger partial charge on any atom is -0.379 e. The van der Waals surface area contributed by atoms with E-state index >= 15 is 0 Å². The molecule has 3 rings (SSSR count). The Balaban J connectivity index is 1.61. The van der Waals surface area contributed by atoms with Crippen molar-refractivity contribution in [2.75, 3.05) is 32.6 Å². The van der Waals surface area contributed by atoms with Crippen molar-refractivity contribution in [3.63, 3.8) is 0 Å². The molecule has 0 unspecified atom stereocenters. The number of carbonyl (C=O) groups excluding carboxylic acids is 1. The van der Waals surface area contributed by atoms with Crippen molar-refractivity contribution in [1.29, 1.82) is 0 Å². The molecule has 1 aromatic carbocycles. The summed E-state index contributed by atoms with van der Waals surface area (Å²) < 4.78 is 28.7. The number of ether oxygens (including phenoxy) is 1. The fourth-order valence-electron chi connectivity index (χ4n) is 2.89. The van der Waals surface area contributed by atoms with E-state index < -0.39 is 9.84 Å². The predicted octanol–water partition coefficient (Wildman–Crippen LogP) is 2.07. The maximum Gasteiger partial charge on any atom is 0.317 e. The SMILES string of the molecule is CS(=O)(=O)c1ccc(CNC(=O)N2CCOCC3(CC3)C2)cc1Cl. The van der Waals surface area contributed by atoms with Gasteiger partial charge in [0.05, 0.1) is 23.1 Å². The Hall–Kier alpha value is -1.31. The Morgan fingerprint density at radius 3 is 2.79 bits per heavy atom. The number of amides is 2. The van der Waals surface area contributed by atoms with Gasteiger partial charge in [-0.3, -0.25) is 0 Å². The molecule has 1 spiro atoms. The monoisotopic (exact) mass is 372 g/mol. The van der Waals surface area contributed by atoms with Gasteiger partial charge in [0.2, 0.25) is 0 Å². The van der Waals surface area contributed by atoms with Crippen molar-refractivity contribution < 1.29 is 17.9 Å². The van der Waals surface area contributed by atoms with Crippen LogP contribution in [-0.4, -0.2) is 51.9 Å². The van der Waals surface area contributed by atoms with E-state index in [1.807, 2.05) is 0 Å². The summed E-state index contributed by atoms with van der Waals surface area (Å²) in [5, 5.41) is 3.04. The Labute approximate surface area is 147 Å². The Morgan fingerprint density at radius 2 is 2.17 bits per heavy atom. The number of halogens is 1. The molecule has 6 nitrogen and oxygen atoms in total. The number of nitrogens with one attached hydrogen (secondary N) is 1. The molecule has 1 aliphatic carbocycles. The van der Waals surface area contributed by atoms with Crippen LogP contribution < -0.4 is 5.32 Å². The lowest BCUT2D eigenvalue weighted by atomic mass is 10.1. The van der Waals surface area contributed by atoms with Crippen LogP contribution in [0.2, 0.25) is 5.02 Å². The van der Waals surface area contributed by atoms with E-state index in [-0.39, 0.29) is 21.4 Å². The standard InChI is InChI=1S/C16H21ClN2O4S/c1-24(21,22)14-3-2-12(8-13(14)17)9-18-15(20)19-6-7-23-11-16(10-19)4-5-16/h2-3,8H,4-7,9-11H2,1H3,(H,18,20). The second kappa shape index (κ2) is 6.54. The minimum absolute atomic E-state index is 0.0968. The first kappa shape index (κ1) is 17.5. The van der Waals surface area contributed by atoms with E-state index in [1.165, 1.54) is 6.07 Å². The van der Waals surface area contributed by atoms with Crippen molar-refractivity contribution in [1.82, 2.24) is 10.2 Å². The maximum absolute atomic E-state index is 12.4. The molecular formula is C16H21ClN2O4S. The summed E-state index contributed by atoms with van der Waals surface area (Å²) in [7, 11) is -3.35. The summed E-state index contributed by atoms with van der Waals surface area (Å²) in [6.45, 7) is 2.91. The van der Waals surface area contributed by atoms with Crippen molar-refractivity contribution >= 4 is 27.5 Å². The smallest absolute Gasteiger partial charge is 0.317 e. The quantitative estimate of drug-likeness (QED) is 0.881. The van der Waals surface area contributed by atoms with E-state index in [2.05, 4.69) is 5.32 Å². The van der Waals surface area contributed by atoms with Crippen LogP contribution >= 0.6 is 11.6 Å². The first-order chi connectivity index (χ1) is 11.3. The summed E-state index contributed by atoms with van der Waals surface area (Å²) in [4.78, 5) is 14.3. The number of hydrogen-bond acceptors (Lipinski definition) is 4. The van der Waals surface area contributed by atoms with Gasteiger partial charge in [-0.15, -0.1) is 0 Å². The highest BCUT2D eigenvalue weighted by Gasteiger charge is 2.46. The van der Waals surface area contributed by atoms with Gasteiger partial charge in [0.25, 0.3) is 0 Å². The molecule has 2 amide bonds. The molecule has 132 valence electrons. The van der Waals surface area contributed by atoms with E-state index in [0.29, 0.717) is 19.7 Å². The van der Waals surface area contributed by atoms with Crippen LogP contribution in [0.15, 0.2) is 23.1 Å². The number of hydrogen-bond donors (Lipinski definition) is 1. The molecule has 0 aromatic heterocycles. The summed E-state index contributed by atoms with van der Waals surface area (Å²) in [6.07, 6.45) is 3.34. The maximum atomic E-state index is 12.4. The largest absolute Gasteiger partial charge is 0.379 e. The fourth-order valence-corrected chi connectivity index (χ4v) is 4.24. The third kappa shape index (κ3) is 4.02. The molecule has 1 heterocycles. The van der Waals surface area contributed by atoms with Crippen LogP contribution in [0.3, 0.4) is 0 Å². The number of carbonyl (C=O) groups is 1. The number of sulfone groups is 1. The Bertz CT molecular complexity index is 746. The molecule has 24 heavy (non-hydrogen) atoms. The molecule has 2 fully saturated rings. The second-order valence-electron chi connectivity index (χ2n) is 6.67. The van der Waals surface area contributed by atoms with Crippen molar-refractivity contribution in [2.45, 2.75) is 24.3 Å². The van der Waals surface area contributed by atoms with Crippen LogP contribution in [0.5, 0.6) is 0 Å². The third-order valence-corrected chi connectivity index (χ3v) is 6.10. The normalized spacial score (nSPS) is 19.8. The van der Waals surface area contributed by atoms with E-state index in [9.17, 15) is 13.2 Å². The lowest BCUT2D eigenvalue weighted by Gasteiger charge is -2.23.